The fourth-order valence-corrected chi connectivity index (χ4v) is 2.70. The maximum atomic E-state index is 14.3. The lowest BCUT2D eigenvalue weighted by Crippen LogP contribution is -1.90. The summed E-state index contributed by atoms with van der Waals surface area (Å²) in [5, 5.41) is 4.07. The zero-order valence-electron chi connectivity index (χ0n) is 11.3. The summed E-state index contributed by atoms with van der Waals surface area (Å²) in [7, 11) is 0. The number of rotatable bonds is 2. The van der Waals surface area contributed by atoms with Crippen molar-refractivity contribution >= 4 is 21.5 Å². The topological polar surface area (TPSA) is 0 Å². The fourth-order valence-electron chi connectivity index (χ4n) is 2.70. The van der Waals surface area contributed by atoms with Crippen LogP contribution in [0.2, 0.25) is 0 Å². The Morgan fingerprint density at radius 3 is 2.26 bits per heavy atom. The van der Waals surface area contributed by atoms with Crippen molar-refractivity contribution in [1.82, 2.24) is 0 Å². The van der Waals surface area contributed by atoms with Gasteiger partial charge in [0.2, 0.25) is 0 Å². The van der Waals surface area contributed by atoms with Gasteiger partial charge in [0.1, 0.15) is 5.82 Å². The summed E-state index contributed by atoms with van der Waals surface area (Å²) in [6.45, 7) is 4.13. The summed E-state index contributed by atoms with van der Waals surface area (Å²) in [5.74, 6) is -0.0681. The minimum absolute atomic E-state index is 0.0681. The van der Waals surface area contributed by atoms with E-state index in [0.29, 0.717) is 0 Å². The standard InChI is InChI=1S/C18H17F/c1-3-12-5-8-15-14(11-12)7-10-17-16(15)9-6-13(4-2)18(17)19/h5-11H,3-4H2,1-2H3. The Kier molecular flexibility index (Phi) is 2.98. The van der Waals surface area contributed by atoms with Gasteiger partial charge in [-0.1, -0.05) is 56.3 Å². The first-order chi connectivity index (χ1) is 9.24. The summed E-state index contributed by atoms with van der Waals surface area (Å²) >= 11 is 0. The molecule has 0 saturated heterocycles. The van der Waals surface area contributed by atoms with Crippen LogP contribution in [0.15, 0.2) is 42.5 Å². The maximum absolute atomic E-state index is 14.3. The third-order valence-corrected chi connectivity index (χ3v) is 3.88. The monoisotopic (exact) mass is 252 g/mol. The highest BCUT2D eigenvalue weighted by Gasteiger charge is 2.08. The molecule has 0 bridgehead atoms. The molecule has 0 unspecified atom stereocenters. The van der Waals surface area contributed by atoms with E-state index in [0.717, 1.165) is 34.6 Å². The number of halogens is 1. The van der Waals surface area contributed by atoms with Gasteiger partial charge >= 0.3 is 0 Å². The van der Waals surface area contributed by atoms with Crippen LogP contribution in [0.4, 0.5) is 4.39 Å². The van der Waals surface area contributed by atoms with Crippen LogP contribution < -0.4 is 0 Å². The zero-order valence-corrected chi connectivity index (χ0v) is 11.3. The molecule has 0 nitrogen and oxygen atoms in total. The predicted octanol–water partition coefficient (Wildman–Crippen LogP) is 5.26. The second-order valence-electron chi connectivity index (χ2n) is 4.96. The van der Waals surface area contributed by atoms with E-state index in [9.17, 15) is 4.39 Å². The van der Waals surface area contributed by atoms with E-state index in [2.05, 4.69) is 25.1 Å². The summed E-state index contributed by atoms with van der Waals surface area (Å²) in [5.41, 5.74) is 2.11. The third kappa shape index (κ3) is 1.90. The molecule has 19 heavy (non-hydrogen) atoms. The predicted molar refractivity (Wildman–Crippen MR) is 80.2 cm³/mol. The van der Waals surface area contributed by atoms with Gasteiger partial charge in [-0.3, -0.25) is 0 Å². The van der Waals surface area contributed by atoms with Gasteiger partial charge in [0.25, 0.3) is 0 Å². The quantitative estimate of drug-likeness (QED) is 0.546. The Morgan fingerprint density at radius 1 is 0.789 bits per heavy atom. The zero-order chi connectivity index (χ0) is 13.4. The summed E-state index contributed by atoms with van der Waals surface area (Å²) in [6, 6.07) is 14.3. The van der Waals surface area contributed by atoms with Crippen molar-refractivity contribution in [3.63, 3.8) is 0 Å². The van der Waals surface area contributed by atoms with Gasteiger partial charge in [-0.15, -0.1) is 0 Å². The first-order valence-electron chi connectivity index (χ1n) is 6.87. The first kappa shape index (κ1) is 12.2. The number of benzene rings is 3. The molecule has 96 valence electrons. The van der Waals surface area contributed by atoms with Crippen molar-refractivity contribution < 1.29 is 4.39 Å². The van der Waals surface area contributed by atoms with E-state index in [-0.39, 0.29) is 5.82 Å². The SMILES string of the molecule is CCc1ccc2c(ccc3c(F)c(CC)ccc32)c1. The Bertz CT molecular complexity index is 756. The first-order valence-corrected chi connectivity index (χ1v) is 6.87. The van der Waals surface area contributed by atoms with Crippen molar-refractivity contribution in [3.8, 4) is 0 Å². The third-order valence-electron chi connectivity index (χ3n) is 3.88. The number of aryl methyl sites for hydroxylation is 2. The van der Waals surface area contributed by atoms with Crippen LogP contribution >= 0.6 is 0 Å². The second kappa shape index (κ2) is 4.65. The van der Waals surface area contributed by atoms with Gasteiger partial charge in [0, 0.05) is 5.39 Å². The molecule has 1 heteroatoms. The molecule has 0 amide bonds. The molecule has 3 aromatic carbocycles. The summed E-state index contributed by atoms with van der Waals surface area (Å²) in [6.07, 6.45) is 1.76. The van der Waals surface area contributed by atoms with E-state index in [1.807, 2.05) is 31.2 Å². The molecule has 0 atom stereocenters. The van der Waals surface area contributed by atoms with E-state index in [1.54, 1.807) is 0 Å². The minimum Gasteiger partial charge on any atom is -0.206 e. The number of fused-ring (bicyclic) bond motifs is 3. The molecule has 0 aliphatic carbocycles. The molecule has 0 fully saturated rings. The Labute approximate surface area is 112 Å². The smallest absolute Gasteiger partial charge is 0.134 e. The van der Waals surface area contributed by atoms with Crippen molar-refractivity contribution in [2.75, 3.05) is 0 Å². The van der Waals surface area contributed by atoms with Gasteiger partial charge < -0.3 is 0 Å². The van der Waals surface area contributed by atoms with Crippen molar-refractivity contribution in [1.29, 1.82) is 0 Å². The van der Waals surface area contributed by atoms with Crippen LogP contribution in [0, 0.1) is 5.82 Å². The van der Waals surface area contributed by atoms with Crippen molar-refractivity contribution in [2.24, 2.45) is 0 Å². The molecule has 0 aromatic heterocycles. The molecule has 0 radical (unpaired) electrons. The van der Waals surface area contributed by atoms with Crippen LogP contribution in [0.3, 0.4) is 0 Å². The van der Waals surface area contributed by atoms with Crippen molar-refractivity contribution in [2.45, 2.75) is 26.7 Å². The lowest BCUT2D eigenvalue weighted by atomic mass is 9.97. The fraction of sp³-hybridized carbons (Fsp3) is 0.222. The largest absolute Gasteiger partial charge is 0.206 e. The average molecular weight is 252 g/mol. The minimum atomic E-state index is -0.0681. The lowest BCUT2D eigenvalue weighted by Gasteiger charge is -2.09. The van der Waals surface area contributed by atoms with E-state index in [4.69, 9.17) is 0 Å². The highest BCUT2D eigenvalue weighted by Crippen LogP contribution is 2.29. The molecule has 0 heterocycles. The van der Waals surface area contributed by atoms with Crippen LogP contribution in [0.25, 0.3) is 21.5 Å². The second-order valence-corrected chi connectivity index (χ2v) is 4.96. The van der Waals surface area contributed by atoms with Gasteiger partial charge in [0.15, 0.2) is 0 Å². The Hall–Kier alpha value is -1.89. The van der Waals surface area contributed by atoms with Gasteiger partial charge in [0.05, 0.1) is 0 Å². The summed E-state index contributed by atoms with van der Waals surface area (Å²) < 4.78 is 14.3. The molecule has 0 saturated carbocycles. The van der Waals surface area contributed by atoms with E-state index >= 15 is 0 Å². The summed E-state index contributed by atoms with van der Waals surface area (Å²) in [4.78, 5) is 0. The molecular formula is C18H17F. The molecule has 0 aliphatic heterocycles. The van der Waals surface area contributed by atoms with Crippen LogP contribution in [-0.2, 0) is 12.8 Å². The molecule has 0 N–H and O–H groups in total. The van der Waals surface area contributed by atoms with Crippen LogP contribution in [0.1, 0.15) is 25.0 Å². The van der Waals surface area contributed by atoms with E-state index in [1.165, 1.54) is 10.9 Å². The molecule has 3 aromatic rings. The average Bonchev–Trinajstić information content (AvgIpc) is 2.46. The normalized spacial score (nSPS) is 11.3. The van der Waals surface area contributed by atoms with Gasteiger partial charge in [-0.25, -0.2) is 4.39 Å². The van der Waals surface area contributed by atoms with Crippen molar-refractivity contribution in [3.05, 3.63) is 59.4 Å². The highest BCUT2D eigenvalue weighted by atomic mass is 19.1. The maximum Gasteiger partial charge on any atom is 0.134 e. The molecule has 0 spiro atoms. The number of hydrogen-bond acceptors (Lipinski definition) is 0. The lowest BCUT2D eigenvalue weighted by molar-refractivity contribution is 0.624. The molecule has 0 aliphatic rings. The number of hydrogen-bond donors (Lipinski definition) is 0. The van der Waals surface area contributed by atoms with Gasteiger partial charge in [-0.2, -0.15) is 0 Å². The van der Waals surface area contributed by atoms with Crippen LogP contribution in [-0.4, -0.2) is 0 Å². The Morgan fingerprint density at radius 2 is 1.53 bits per heavy atom. The Balaban J connectivity index is 2.38. The molecular weight excluding hydrogens is 235 g/mol. The molecule has 3 rings (SSSR count). The van der Waals surface area contributed by atoms with Gasteiger partial charge in [-0.05, 0) is 40.1 Å². The highest BCUT2D eigenvalue weighted by molar-refractivity contribution is 6.07. The van der Waals surface area contributed by atoms with Crippen LogP contribution in [0.5, 0.6) is 0 Å². The van der Waals surface area contributed by atoms with E-state index < -0.39 is 0 Å².